The van der Waals surface area contributed by atoms with Crippen molar-refractivity contribution >= 4 is 5.91 Å². The fourth-order valence-electron chi connectivity index (χ4n) is 3.56. The van der Waals surface area contributed by atoms with Gasteiger partial charge in [0, 0.05) is 18.8 Å². The van der Waals surface area contributed by atoms with Gasteiger partial charge >= 0.3 is 0 Å². The van der Waals surface area contributed by atoms with Crippen molar-refractivity contribution < 1.29 is 4.79 Å². The maximum atomic E-state index is 12.6. The topological polar surface area (TPSA) is 81.8 Å². The summed E-state index contributed by atoms with van der Waals surface area (Å²) >= 11 is 0. The smallest absolute Gasteiger partial charge is 0.263 e. The normalized spacial score (nSPS) is 15.3. The van der Waals surface area contributed by atoms with E-state index in [0.29, 0.717) is 11.6 Å². The molecule has 2 aromatic rings. The minimum atomic E-state index is -0.365. The zero-order valence-corrected chi connectivity index (χ0v) is 15.1. The first-order valence-electron chi connectivity index (χ1n) is 8.83. The van der Waals surface area contributed by atoms with Crippen LogP contribution in [0.2, 0.25) is 0 Å². The summed E-state index contributed by atoms with van der Waals surface area (Å²) in [6.45, 7) is 3.91. The number of nitrogens with one attached hydrogen (secondary N) is 1. The van der Waals surface area contributed by atoms with Gasteiger partial charge in [-0.1, -0.05) is 19.3 Å². The maximum absolute atomic E-state index is 12.6. The van der Waals surface area contributed by atoms with Crippen LogP contribution in [0.15, 0.2) is 17.2 Å². The van der Waals surface area contributed by atoms with E-state index in [2.05, 4.69) is 20.1 Å². The highest BCUT2D eigenvalue weighted by molar-refractivity contribution is 5.95. The average molecular weight is 343 g/mol. The molecule has 0 atom stereocenters. The second-order valence-corrected chi connectivity index (χ2v) is 6.84. The summed E-state index contributed by atoms with van der Waals surface area (Å²) in [4.78, 5) is 24.9. The molecule has 0 radical (unpaired) electrons. The fourth-order valence-corrected chi connectivity index (χ4v) is 3.56. The van der Waals surface area contributed by atoms with Gasteiger partial charge in [-0.3, -0.25) is 9.59 Å². The Kier molecular flexibility index (Phi) is 5.01. The maximum Gasteiger partial charge on any atom is 0.263 e. The molecular formula is C18H25N5O2. The van der Waals surface area contributed by atoms with Crippen LogP contribution in [-0.4, -0.2) is 25.2 Å². The van der Waals surface area contributed by atoms with Crippen molar-refractivity contribution in [1.29, 1.82) is 0 Å². The average Bonchev–Trinajstić information content (AvgIpc) is 3.07. The predicted molar refractivity (Wildman–Crippen MR) is 94.5 cm³/mol. The standard InChI is InChI=1S/C18H25N5O2/c1-12-9-13(2)22(3)18(25)16(12)17(24)19-10-15-21-20-11-23(15)14-7-5-4-6-8-14/h9,11,14H,4-8,10H2,1-3H3,(H,19,24). The zero-order chi connectivity index (χ0) is 18.0. The number of pyridine rings is 1. The first-order chi connectivity index (χ1) is 12.0. The number of carbonyl (C=O) groups excluding carboxylic acids is 1. The summed E-state index contributed by atoms with van der Waals surface area (Å²) in [6, 6.07) is 2.26. The number of aromatic nitrogens is 4. The SMILES string of the molecule is Cc1cc(C)n(C)c(=O)c1C(=O)NCc1nncn1C1CCCCC1. The van der Waals surface area contributed by atoms with Crippen molar-refractivity contribution in [2.45, 2.75) is 58.5 Å². The Bertz CT molecular complexity index is 830. The second kappa shape index (κ2) is 7.21. The first-order valence-corrected chi connectivity index (χ1v) is 8.83. The Balaban J connectivity index is 1.75. The van der Waals surface area contributed by atoms with E-state index in [4.69, 9.17) is 0 Å². The van der Waals surface area contributed by atoms with Crippen LogP contribution in [0.4, 0.5) is 0 Å². The van der Waals surface area contributed by atoms with E-state index in [0.717, 1.165) is 24.4 Å². The van der Waals surface area contributed by atoms with Gasteiger partial charge in [-0.2, -0.15) is 0 Å². The summed E-state index contributed by atoms with van der Waals surface area (Å²) in [7, 11) is 1.67. The van der Waals surface area contributed by atoms with Gasteiger partial charge in [0.15, 0.2) is 5.82 Å². The minimum absolute atomic E-state index is 0.192. The van der Waals surface area contributed by atoms with E-state index in [1.165, 1.54) is 23.8 Å². The van der Waals surface area contributed by atoms with Crippen LogP contribution >= 0.6 is 0 Å². The molecule has 134 valence electrons. The van der Waals surface area contributed by atoms with Crippen LogP contribution in [-0.2, 0) is 13.6 Å². The number of hydrogen-bond donors (Lipinski definition) is 1. The van der Waals surface area contributed by atoms with Crippen molar-refractivity contribution in [2.75, 3.05) is 0 Å². The lowest BCUT2D eigenvalue weighted by molar-refractivity contribution is 0.0946. The summed E-state index contributed by atoms with van der Waals surface area (Å²) in [5.41, 5.74) is 1.43. The van der Waals surface area contributed by atoms with Gasteiger partial charge in [0.2, 0.25) is 0 Å². The Morgan fingerprint density at radius 2 is 2.00 bits per heavy atom. The van der Waals surface area contributed by atoms with E-state index < -0.39 is 0 Å². The molecule has 7 heteroatoms. The lowest BCUT2D eigenvalue weighted by atomic mass is 9.95. The highest BCUT2D eigenvalue weighted by Crippen LogP contribution is 2.28. The predicted octanol–water partition coefficient (Wildman–Crippen LogP) is 2.03. The number of nitrogens with zero attached hydrogens (tertiary/aromatic N) is 4. The van der Waals surface area contributed by atoms with Gasteiger partial charge in [-0.15, -0.1) is 10.2 Å². The second-order valence-electron chi connectivity index (χ2n) is 6.84. The highest BCUT2D eigenvalue weighted by atomic mass is 16.2. The molecule has 1 amide bonds. The minimum Gasteiger partial charge on any atom is -0.345 e. The van der Waals surface area contributed by atoms with E-state index in [1.54, 1.807) is 20.3 Å². The van der Waals surface area contributed by atoms with Crippen LogP contribution < -0.4 is 10.9 Å². The molecule has 0 unspecified atom stereocenters. The molecular weight excluding hydrogens is 318 g/mol. The van der Waals surface area contributed by atoms with Gasteiger partial charge in [0.05, 0.1) is 6.54 Å². The van der Waals surface area contributed by atoms with Gasteiger partial charge in [0.1, 0.15) is 11.9 Å². The van der Waals surface area contributed by atoms with Crippen LogP contribution in [0.5, 0.6) is 0 Å². The largest absolute Gasteiger partial charge is 0.345 e. The van der Waals surface area contributed by atoms with Gasteiger partial charge < -0.3 is 14.5 Å². The number of hydrogen-bond acceptors (Lipinski definition) is 4. The lowest BCUT2D eigenvalue weighted by Gasteiger charge is -2.24. The van der Waals surface area contributed by atoms with Crippen molar-refractivity contribution in [3.05, 3.63) is 45.4 Å². The van der Waals surface area contributed by atoms with Crippen molar-refractivity contribution in [2.24, 2.45) is 7.05 Å². The molecule has 0 aromatic carbocycles. The van der Waals surface area contributed by atoms with E-state index in [1.807, 2.05) is 13.0 Å². The third kappa shape index (κ3) is 3.50. The van der Waals surface area contributed by atoms with Gasteiger partial charge in [-0.25, -0.2) is 0 Å². The van der Waals surface area contributed by atoms with Crippen molar-refractivity contribution in [1.82, 2.24) is 24.6 Å². The molecule has 1 aliphatic carbocycles. The Morgan fingerprint density at radius 3 is 2.72 bits per heavy atom. The fraction of sp³-hybridized carbons (Fsp3) is 0.556. The quantitative estimate of drug-likeness (QED) is 0.921. The third-order valence-electron chi connectivity index (χ3n) is 5.12. The van der Waals surface area contributed by atoms with Crippen LogP contribution in [0.1, 0.15) is 65.6 Å². The summed E-state index contributed by atoms with van der Waals surface area (Å²) in [5, 5.41) is 11.0. The summed E-state index contributed by atoms with van der Waals surface area (Å²) in [6.07, 6.45) is 7.70. The van der Waals surface area contributed by atoms with Gasteiger partial charge in [0.25, 0.3) is 11.5 Å². The van der Waals surface area contributed by atoms with Gasteiger partial charge in [-0.05, 0) is 38.3 Å². The van der Waals surface area contributed by atoms with Crippen molar-refractivity contribution in [3.8, 4) is 0 Å². The molecule has 25 heavy (non-hydrogen) atoms. The molecule has 7 nitrogen and oxygen atoms in total. The summed E-state index contributed by atoms with van der Waals surface area (Å²) in [5.74, 6) is 0.373. The van der Waals surface area contributed by atoms with E-state index >= 15 is 0 Å². The molecule has 1 aliphatic rings. The molecule has 1 saturated carbocycles. The molecule has 3 rings (SSSR count). The van der Waals surface area contributed by atoms with Crippen LogP contribution in [0, 0.1) is 13.8 Å². The molecule has 2 aromatic heterocycles. The summed E-state index contributed by atoms with van der Waals surface area (Å²) < 4.78 is 3.56. The monoisotopic (exact) mass is 343 g/mol. The highest BCUT2D eigenvalue weighted by Gasteiger charge is 2.20. The number of carbonyl (C=O) groups is 1. The molecule has 0 saturated heterocycles. The zero-order valence-electron chi connectivity index (χ0n) is 15.1. The number of aryl methyl sites for hydroxylation is 2. The number of amides is 1. The van der Waals surface area contributed by atoms with Crippen LogP contribution in [0.25, 0.3) is 0 Å². The van der Waals surface area contributed by atoms with Crippen molar-refractivity contribution in [3.63, 3.8) is 0 Å². The molecule has 0 spiro atoms. The van der Waals surface area contributed by atoms with E-state index in [-0.39, 0.29) is 23.6 Å². The van der Waals surface area contributed by atoms with E-state index in [9.17, 15) is 9.59 Å². The third-order valence-corrected chi connectivity index (χ3v) is 5.12. The Hall–Kier alpha value is -2.44. The lowest BCUT2D eigenvalue weighted by Crippen LogP contribution is -2.34. The molecule has 1 fully saturated rings. The molecule has 2 heterocycles. The first kappa shape index (κ1) is 17.4. The molecule has 0 bridgehead atoms. The Morgan fingerprint density at radius 1 is 1.28 bits per heavy atom. The molecule has 0 aliphatic heterocycles. The van der Waals surface area contributed by atoms with Crippen LogP contribution in [0.3, 0.4) is 0 Å². The molecule has 1 N–H and O–H groups in total. The number of rotatable bonds is 4. The Labute approximate surface area is 147 Å².